The zero-order valence-corrected chi connectivity index (χ0v) is 11.6. The Morgan fingerprint density at radius 2 is 2.16 bits per heavy atom. The Labute approximate surface area is 112 Å². The van der Waals surface area contributed by atoms with Gasteiger partial charge in [0.25, 0.3) is 0 Å². The molecule has 0 radical (unpaired) electrons. The van der Waals surface area contributed by atoms with Crippen molar-refractivity contribution < 1.29 is 24.2 Å². The van der Waals surface area contributed by atoms with Crippen molar-refractivity contribution >= 4 is 12.1 Å². The maximum atomic E-state index is 12.2. The molecule has 0 aliphatic carbocycles. The van der Waals surface area contributed by atoms with Gasteiger partial charge >= 0.3 is 12.1 Å². The molecule has 2 rings (SSSR count). The molecule has 1 spiro atoms. The molecule has 1 N–H and O–H groups in total. The van der Waals surface area contributed by atoms with E-state index >= 15 is 0 Å². The van der Waals surface area contributed by atoms with Gasteiger partial charge in [-0.25, -0.2) is 9.59 Å². The number of aliphatic hydroxyl groups excluding tert-OH is 1. The first-order valence-corrected chi connectivity index (χ1v) is 6.64. The van der Waals surface area contributed by atoms with Crippen LogP contribution < -0.4 is 0 Å². The summed E-state index contributed by atoms with van der Waals surface area (Å²) in [5, 5.41) is 9.53. The number of carbonyl (C=O) groups excluding carboxylic acids is 2. The molecule has 2 saturated heterocycles. The van der Waals surface area contributed by atoms with Crippen LogP contribution in [0.2, 0.25) is 0 Å². The second-order valence-electron chi connectivity index (χ2n) is 6.18. The van der Waals surface area contributed by atoms with E-state index in [9.17, 15) is 14.7 Å². The fraction of sp³-hybridized carbons (Fsp3) is 0.846. The van der Waals surface area contributed by atoms with Crippen molar-refractivity contribution in [3.05, 3.63) is 0 Å². The fourth-order valence-corrected chi connectivity index (χ4v) is 2.69. The summed E-state index contributed by atoms with van der Waals surface area (Å²) in [5.74, 6) is -0.523. The molecule has 6 nitrogen and oxygen atoms in total. The topological polar surface area (TPSA) is 76.1 Å². The normalized spacial score (nSPS) is 31.5. The lowest BCUT2D eigenvalue weighted by atomic mass is 9.85. The van der Waals surface area contributed by atoms with Crippen LogP contribution >= 0.6 is 0 Å². The van der Waals surface area contributed by atoms with Crippen molar-refractivity contribution in [2.75, 3.05) is 6.54 Å². The van der Waals surface area contributed by atoms with E-state index in [0.717, 1.165) is 12.8 Å². The van der Waals surface area contributed by atoms with Crippen LogP contribution in [-0.4, -0.2) is 46.0 Å². The molecule has 2 aliphatic rings. The van der Waals surface area contributed by atoms with Gasteiger partial charge < -0.3 is 14.6 Å². The quantitative estimate of drug-likeness (QED) is 0.674. The van der Waals surface area contributed by atoms with Crippen LogP contribution in [0.5, 0.6) is 0 Å². The number of ether oxygens (including phenoxy) is 2. The number of esters is 1. The smallest absolute Gasteiger partial charge is 0.411 e. The molecule has 0 aromatic carbocycles. The Kier molecular flexibility index (Phi) is 3.47. The molecule has 0 aromatic rings. The molecular weight excluding hydrogens is 250 g/mol. The first-order valence-electron chi connectivity index (χ1n) is 6.64. The van der Waals surface area contributed by atoms with Crippen molar-refractivity contribution in [3.8, 4) is 0 Å². The zero-order valence-electron chi connectivity index (χ0n) is 11.6. The highest BCUT2D eigenvalue weighted by Gasteiger charge is 2.56. The molecule has 2 atom stereocenters. The highest BCUT2D eigenvalue weighted by molar-refractivity contribution is 5.87. The van der Waals surface area contributed by atoms with Gasteiger partial charge in [-0.05, 0) is 40.0 Å². The predicted molar refractivity (Wildman–Crippen MR) is 66.2 cm³/mol. The van der Waals surface area contributed by atoms with Gasteiger partial charge in [0, 0.05) is 13.0 Å². The summed E-state index contributed by atoms with van der Waals surface area (Å²) in [6, 6.07) is 0. The summed E-state index contributed by atoms with van der Waals surface area (Å²) in [6.45, 7) is 5.80. The molecule has 2 heterocycles. The highest BCUT2D eigenvalue weighted by Crippen LogP contribution is 2.39. The minimum Gasteiger partial charge on any atom is -0.444 e. The van der Waals surface area contributed by atoms with Gasteiger partial charge in [0.1, 0.15) is 11.1 Å². The molecule has 0 saturated carbocycles. The van der Waals surface area contributed by atoms with E-state index in [1.165, 1.54) is 4.90 Å². The number of hydrogen-bond acceptors (Lipinski definition) is 5. The zero-order chi connectivity index (χ0) is 14.3. The molecule has 0 bridgehead atoms. The third kappa shape index (κ3) is 2.68. The van der Waals surface area contributed by atoms with Gasteiger partial charge in [0.15, 0.2) is 0 Å². The summed E-state index contributed by atoms with van der Waals surface area (Å²) in [4.78, 5) is 25.7. The molecule has 2 fully saturated rings. The number of rotatable bonds is 0. The van der Waals surface area contributed by atoms with E-state index in [0.29, 0.717) is 13.0 Å². The predicted octanol–water partition coefficient (Wildman–Crippen LogP) is 1.41. The Morgan fingerprint density at radius 3 is 2.68 bits per heavy atom. The lowest BCUT2D eigenvalue weighted by Gasteiger charge is -2.41. The first kappa shape index (κ1) is 14.1. The van der Waals surface area contributed by atoms with E-state index in [4.69, 9.17) is 9.47 Å². The number of hydrogen-bond donors (Lipinski definition) is 1. The summed E-state index contributed by atoms with van der Waals surface area (Å²) in [6.07, 6.45) is 0.660. The average Bonchev–Trinajstić information content (AvgIpc) is 2.52. The first-order chi connectivity index (χ1) is 8.74. The molecule has 19 heavy (non-hydrogen) atoms. The van der Waals surface area contributed by atoms with Crippen LogP contribution in [0.3, 0.4) is 0 Å². The number of likely N-dealkylation sites (tertiary alicyclic amines) is 1. The Hall–Kier alpha value is -1.30. The van der Waals surface area contributed by atoms with E-state index in [2.05, 4.69) is 0 Å². The van der Waals surface area contributed by atoms with E-state index in [1.54, 1.807) is 20.8 Å². The Balaban J connectivity index is 2.21. The molecule has 108 valence electrons. The Morgan fingerprint density at radius 1 is 1.47 bits per heavy atom. The van der Waals surface area contributed by atoms with Crippen molar-refractivity contribution in [1.29, 1.82) is 0 Å². The van der Waals surface area contributed by atoms with Gasteiger partial charge in [0.05, 0.1) is 0 Å². The number of piperidine rings is 1. The second kappa shape index (κ2) is 4.67. The molecule has 2 aliphatic heterocycles. The van der Waals surface area contributed by atoms with E-state index in [1.807, 2.05) is 0 Å². The van der Waals surface area contributed by atoms with Gasteiger partial charge in [-0.2, -0.15) is 0 Å². The monoisotopic (exact) mass is 271 g/mol. The fourth-order valence-electron chi connectivity index (χ4n) is 2.69. The summed E-state index contributed by atoms with van der Waals surface area (Å²) in [7, 11) is 0. The summed E-state index contributed by atoms with van der Waals surface area (Å²) < 4.78 is 10.2. The van der Waals surface area contributed by atoms with Crippen molar-refractivity contribution in [1.82, 2.24) is 4.90 Å². The maximum absolute atomic E-state index is 12.2. The van der Waals surface area contributed by atoms with Crippen LogP contribution in [0.15, 0.2) is 0 Å². The largest absolute Gasteiger partial charge is 0.444 e. The standard InChI is InChI=1S/C13H21NO5/c1-12(2,3)19-11(17)14-7-5-4-6-13(14)8-9(15)18-10(13)16/h9,15H,4-8H2,1-3H3/t9-,13+/m1/s1. The van der Waals surface area contributed by atoms with Crippen LogP contribution in [0.25, 0.3) is 0 Å². The summed E-state index contributed by atoms with van der Waals surface area (Å²) in [5.41, 5.74) is -1.66. The highest BCUT2D eigenvalue weighted by atomic mass is 16.6. The van der Waals surface area contributed by atoms with Gasteiger partial charge in [-0.3, -0.25) is 4.90 Å². The van der Waals surface area contributed by atoms with Crippen molar-refractivity contribution in [2.45, 2.75) is 63.9 Å². The molecule has 0 unspecified atom stereocenters. The molecule has 1 amide bonds. The molecule has 6 heteroatoms. The minimum atomic E-state index is -1.13. The van der Waals surface area contributed by atoms with Gasteiger partial charge in [-0.1, -0.05) is 0 Å². The van der Waals surface area contributed by atoms with E-state index < -0.39 is 29.5 Å². The van der Waals surface area contributed by atoms with E-state index in [-0.39, 0.29) is 6.42 Å². The third-order valence-electron chi connectivity index (χ3n) is 3.49. The maximum Gasteiger partial charge on any atom is 0.411 e. The van der Waals surface area contributed by atoms with Crippen LogP contribution in [0.1, 0.15) is 46.5 Å². The van der Waals surface area contributed by atoms with Gasteiger partial charge in [-0.15, -0.1) is 0 Å². The second-order valence-corrected chi connectivity index (χ2v) is 6.18. The number of nitrogens with zero attached hydrogens (tertiary/aromatic N) is 1. The average molecular weight is 271 g/mol. The third-order valence-corrected chi connectivity index (χ3v) is 3.49. The van der Waals surface area contributed by atoms with Crippen LogP contribution in [-0.2, 0) is 14.3 Å². The minimum absolute atomic E-state index is 0.130. The number of aliphatic hydroxyl groups is 1. The van der Waals surface area contributed by atoms with Gasteiger partial charge in [0.2, 0.25) is 6.29 Å². The summed E-state index contributed by atoms with van der Waals surface area (Å²) >= 11 is 0. The number of amides is 1. The van der Waals surface area contributed by atoms with Crippen molar-refractivity contribution in [2.24, 2.45) is 0 Å². The van der Waals surface area contributed by atoms with Crippen molar-refractivity contribution in [3.63, 3.8) is 0 Å². The molecular formula is C13H21NO5. The van der Waals surface area contributed by atoms with Crippen LogP contribution in [0.4, 0.5) is 4.79 Å². The number of cyclic esters (lactones) is 1. The van der Waals surface area contributed by atoms with Crippen LogP contribution in [0, 0.1) is 0 Å². The Bertz CT molecular complexity index is 389. The molecule has 0 aromatic heterocycles. The lowest BCUT2D eigenvalue weighted by Crippen LogP contribution is -2.58. The number of carbonyl (C=O) groups is 2. The SMILES string of the molecule is CC(C)(C)OC(=O)N1CCCC[C@@]12C[C@H](O)OC2=O. The lowest BCUT2D eigenvalue weighted by molar-refractivity contribution is -0.160.